The lowest BCUT2D eigenvalue weighted by atomic mass is 9.97. The molecule has 0 aliphatic carbocycles. The molecule has 0 spiro atoms. The fourth-order valence-corrected chi connectivity index (χ4v) is 2.15. The molecule has 0 saturated heterocycles. The van der Waals surface area contributed by atoms with Gasteiger partial charge >= 0.3 is 0 Å². The quantitative estimate of drug-likeness (QED) is 0.498. The normalized spacial score (nSPS) is 13.1. The van der Waals surface area contributed by atoms with E-state index in [0.717, 1.165) is 6.42 Å². The second-order valence-electron chi connectivity index (χ2n) is 4.52. The van der Waals surface area contributed by atoms with Crippen molar-refractivity contribution in [2.75, 3.05) is 0 Å². The lowest BCUT2D eigenvalue weighted by Gasteiger charge is -2.19. The van der Waals surface area contributed by atoms with Crippen molar-refractivity contribution in [1.82, 2.24) is 5.43 Å². The molecular formula is C12H17BrF2N2. The van der Waals surface area contributed by atoms with E-state index >= 15 is 0 Å². The van der Waals surface area contributed by atoms with Gasteiger partial charge in [-0.1, -0.05) is 13.8 Å². The van der Waals surface area contributed by atoms with E-state index in [0.29, 0.717) is 5.92 Å². The molecule has 0 heterocycles. The summed E-state index contributed by atoms with van der Waals surface area (Å²) < 4.78 is 27.5. The molecule has 1 aromatic carbocycles. The van der Waals surface area contributed by atoms with Gasteiger partial charge < -0.3 is 0 Å². The van der Waals surface area contributed by atoms with Gasteiger partial charge in [0.1, 0.15) is 11.6 Å². The molecule has 1 aromatic rings. The fourth-order valence-electron chi connectivity index (χ4n) is 1.78. The summed E-state index contributed by atoms with van der Waals surface area (Å²) in [4.78, 5) is 0. The highest BCUT2D eigenvalue weighted by Crippen LogP contribution is 2.23. The van der Waals surface area contributed by atoms with Gasteiger partial charge in [0.2, 0.25) is 0 Å². The molecule has 17 heavy (non-hydrogen) atoms. The second-order valence-corrected chi connectivity index (χ2v) is 5.37. The van der Waals surface area contributed by atoms with Gasteiger partial charge in [0.25, 0.3) is 0 Å². The van der Waals surface area contributed by atoms with Crippen LogP contribution in [0.15, 0.2) is 16.6 Å². The van der Waals surface area contributed by atoms with E-state index in [9.17, 15) is 8.78 Å². The van der Waals surface area contributed by atoms with E-state index in [1.165, 1.54) is 12.1 Å². The molecule has 1 rings (SSSR count). The van der Waals surface area contributed by atoms with Crippen molar-refractivity contribution >= 4 is 15.9 Å². The Balaban J connectivity index is 2.89. The first-order valence-corrected chi connectivity index (χ1v) is 6.33. The largest absolute Gasteiger partial charge is 0.271 e. The predicted octanol–water partition coefficient (Wildman–Crippen LogP) is 3.15. The van der Waals surface area contributed by atoms with Gasteiger partial charge in [0.15, 0.2) is 0 Å². The summed E-state index contributed by atoms with van der Waals surface area (Å²) >= 11 is 3.05. The van der Waals surface area contributed by atoms with Crippen LogP contribution in [0.4, 0.5) is 8.78 Å². The van der Waals surface area contributed by atoms with Crippen molar-refractivity contribution in [3.05, 3.63) is 33.8 Å². The van der Waals surface area contributed by atoms with Gasteiger partial charge in [-0.15, -0.1) is 0 Å². The van der Waals surface area contributed by atoms with Crippen LogP contribution in [0, 0.1) is 17.6 Å². The number of hydrogen-bond acceptors (Lipinski definition) is 2. The second kappa shape index (κ2) is 6.42. The summed E-state index contributed by atoms with van der Waals surface area (Å²) in [6.07, 6.45) is 1.01. The zero-order valence-electron chi connectivity index (χ0n) is 9.93. The Labute approximate surface area is 109 Å². The number of nitrogens with two attached hydrogens (primary N) is 1. The average Bonchev–Trinajstić information content (AvgIpc) is 2.27. The Kier molecular flexibility index (Phi) is 5.49. The van der Waals surface area contributed by atoms with Crippen LogP contribution >= 0.6 is 15.9 Å². The van der Waals surface area contributed by atoms with Crippen LogP contribution in [0.2, 0.25) is 0 Å². The molecule has 2 nitrogen and oxygen atoms in total. The van der Waals surface area contributed by atoms with Gasteiger partial charge in [0.05, 0.1) is 4.47 Å². The topological polar surface area (TPSA) is 38.0 Å². The number of rotatable bonds is 5. The van der Waals surface area contributed by atoms with Crippen LogP contribution in [0.3, 0.4) is 0 Å². The first kappa shape index (κ1) is 14.5. The molecule has 0 saturated carbocycles. The van der Waals surface area contributed by atoms with Crippen molar-refractivity contribution in [3.63, 3.8) is 0 Å². The monoisotopic (exact) mass is 306 g/mol. The Morgan fingerprint density at radius 2 is 2.00 bits per heavy atom. The first-order chi connectivity index (χ1) is 7.95. The SMILES string of the molecule is CC(C)CC(Cc1c(F)ccc(Br)c1F)NN. The Morgan fingerprint density at radius 3 is 2.53 bits per heavy atom. The van der Waals surface area contributed by atoms with Crippen LogP contribution in [0.25, 0.3) is 0 Å². The molecule has 0 aliphatic heterocycles. The maximum atomic E-state index is 13.7. The summed E-state index contributed by atoms with van der Waals surface area (Å²) in [5.41, 5.74) is 2.68. The number of benzene rings is 1. The van der Waals surface area contributed by atoms with Crippen LogP contribution in [0.1, 0.15) is 25.8 Å². The van der Waals surface area contributed by atoms with E-state index in [1.807, 2.05) is 13.8 Å². The maximum absolute atomic E-state index is 13.7. The third kappa shape index (κ3) is 4.01. The maximum Gasteiger partial charge on any atom is 0.143 e. The highest BCUT2D eigenvalue weighted by atomic mass is 79.9. The van der Waals surface area contributed by atoms with Crippen LogP contribution in [-0.2, 0) is 6.42 Å². The third-order valence-electron chi connectivity index (χ3n) is 2.58. The van der Waals surface area contributed by atoms with E-state index < -0.39 is 11.6 Å². The molecule has 0 fully saturated rings. The lowest BCUT2D eigenvalue weighted by molar-refractivity contribution is 0.410. The summed E-state index contributed by atoms with van der Waals surface area (Å²) in [5, 5.41) is 0. The van der Waals surface area contributed by atoms with Gasteiger partial charge in [-0.05, 0) is 46.8 Å². The summed E-state index contributed by atoms with van der Waals surface area (Å²) in [5.74, 6) is 4.73. The van der Waals surface area contributed by atoms with Gasteiger partial charge in [-0.2, -0.15) is 0 Å². The minimum absolute atomic E-state index is 0.0722. The number of halogens is 3. The van der Waals surface area contributed by atoms with Crippen molar-refractivity contribution < 1.29 is 8.78 Å². The summed E-state index contributed by atoms with van der Waals surface area (Å²) in [7, 11) is 0. The van der Waals surface area contributed by atoms with E-state index in [4.69, 9.17) is 5.84 Å². The van der Waals surface area contributed by atoms with Crippen molar-refractivity contribution in [3.8, 4) is 0 Å². The minimum atomic E-state index is -0.547. The van der Waals surface area contributed by atoms with Crippen LogP contribution in [-0.4, -0.2) is 6.04 Å². The summed E-state index contributed by atoms with van der Waals surface area (Å²) in [6, 6.07) is 2.49. The Hall–Kier alpha value is -0.520. The zero-order chi connectivity index (χ0) is 13.0. The van der Waals surface area contributed by atoms with E-state index in [1.54, 1.807) is 0 Å². The molecule has 1 atom stereocenters. The molecule has 5 heteroatoms. The molecule has 96 valence electrons. The van der Waals surface area contributed by atoms with Crippen LogP contribution < -0.4 is 11.3 Å². The molecular weight excluding hydrogens is 290 g/mol. The molecule has 3 N–H and O–H groups in total. The van der Waals surface area contributed by atoms with Crippen molar-refractivity contribution in [1.29, 1.82) is 0 Å². The fraction of sp³-hybridized carbons (Fsp3) is 0.500. The molecule has 1 unspecified atom stereocenters. The van der Waals surface area contributed by atoms with Gasteiger partial charge in [-0.25, -0.2) is 8.78 Å². The average molecular weight is 307 g/mol. The van der Waals surface area contributed by atoms with Crippen LogP contribution in [0.5, 0.6) is 0 Å². The first-order valence-electron chi connectivity index (χ1n) is 5.54. The Bertz CT molecular complexity index is 383. The molecule has 0 bridgehead atoms. The van der Waals surface area contributed by atoms with Crippen molar-refractivity contribution in [2.24, 2.45) is 11.8 Å². The zero-order valence-corrected chi connectivity index (χ0v) is 11.5. The highest BCUT2D eigenvalue weighted by molar-refractivity contribution is 9.10. The van der Waals surface area contributed by atoms with E-state index in [-0.39, 0.29) is 22.5 Å². The highest BCUT2D eigenvalue weighted by Gasteiger charge is 2.17. The Morgan fingerprint density at radius 1 is 1.35 bits per heavy atom. The molecule has 0 amide bonds. The smallest absolute Gasteiger partial charge is 0.143 e. The molecule has 0 aliphatic rings. The number of hydrazine groups is 1. The summed E-state index contributed by atoms with van der Waals surface area (Å²) in [6.45, 7) is 4.08. The van der Waals surface area contributed by atoms with E-state index in [2.05, 4.69) is 21.4 Å². The number of hydrogen-bond donors (Lipinski definition) is 2. The van der Waals surface area contributed by atoms with Gasteiger partial charge in [-0.3, -0.25) is 11.3 Å². The molecule has 0 radical (unpaired) electrons. The predicted molar refractivity (Wildman–Crippen MR) is 68.3 cm³/mol. The van der Waals surface area contributed by atoms with Gasteiger partial charge in [0, 0.05) is 11.6 Å². The number of nitrogens with one attached hydrogen (secondary N) is 1. The lowest BCUT2D eigenvalue weighted by Crippen LogP contribution is -2.38. The minimum Gasteiger partial charge on any atom is -0.271 e. The standard InChI is InChI=1S/C12H17BrF2N2/c1-7(2)5-8(17-16)6-9-11(14)4-3-10(13)12(9)15/h3-4,7-8,17H,5-6,16H2,1-2H3. The third-order valence-corrected chi connectivity index (χ3v) is 3.19. The molecule has 0 aromatic heterocycles. The van der Waals surface area contributed by atoms with Crippen molar-refractivity contribution in [2.45, 2.75) is 32.7 Å².